The lowest BCUT2D eigenvalue weighted by molar-refractivity contribution is -0.143. The van der Waals surface area contributed by atoms with E-state index in [0.29, 0.717) is 6.42 Å². The third kappa shape index (κ3) is 24.5. The second-order valence-corrected chi connectivity index (χ2v) is 2.78. The van der Waals surface area contributed by atoms with Crippen molar-refractivity contribution in [2.75, 3.05) is 0 Å². The molecular weight excluding hydrogens is 204 g/mol. The number of rotatable bonds is 6. The van der Waals surface area contributed by atoms with E-state index in [1.54, 1.807) is 0 Å². The van der Waals surface area contributed by atoms with Crippen LogP contribution >= 0.6 is 0 Å². The fourth-order valence-electron chi connectivity index (χ4n) is 0.542. The van der Waals surface area contributed by atoms with Crippen LogP contribution in [-0.4, -0.2) is 33.2 Å². The molecule has 0 bridgehead atoms. The van der Waals surface area contributed by atoms with Crippen molar-refractivity contribution in [3.8, 4) is 0 Å². The maximum absolute atomic E-state index is 9.76. The van der Waals surface area contributed by atoms with Gasteiger partial charge >= 0.3 is 17.9 Å². The molecule has 6 nitrogen and oxygen atoms in total. The molecule has 15 heavy (non-hydrogen) atoms. The van der Waals surface area contributed by atoms with Gasteiger partial charge in [-0.3, -0.25) is 14.4 Å². The Hall–Kier alpha value is -1.59. The minimum atomic E-state index is -1.08. The second kappa shape index (κ2) is 10.5. The third-order valence-electron chi connectivity index (χ3n) is 1.30. The van der Waals surface area contributed by atoms with Gasteiger partial charge in [0, 0.05) is 6.42 Å². The van der Waals surface area contributed by atoms with Crippen LogP contribution in [0, 0.1) is 0 Å². The summed E-state index contributed by atoms with van der Waals surface area (Å²) in [7, 11) is 0. The predicted molar refractivity (Wildman–Crippen MR) is 51.7 cm³/mol. The van der Waals surface area contributed by atoms with Gasteiger partial charge in [0.05, 0.1) is 12.8 Å². The van der Waals surface area contributed by atoms with Crippen LogP contribution in [0.3, 0.4) is 0 Å². The van der Waals surface area contributed by atoms with E-state index in [1.807, 2.05) is 6.92 Å². The van der Waals surface area contributed by atoms with Crippen LogP contribution in [0.25, 0.3) is 0 Å². The predicted octanol–water partition coefficient (Wildman–Crippen LogP) is 1.20. The van der Waals surface area contributed by atoms with Gasteiger partial charge < -0.3 is 15.3 Å². The Labute approximate surface area is 87.5 Å². The van der Waals surface area contributed by atoms with E-state index in [1.165, 1.54) is 0 Å². The smallest absolute Gasteiger partial charge is 0.303 e. The summed E-state index contributed by atoms with van der Waals surface area (Å²) < 4.78 is 0. The van der Waals surface area contributed by atoms with Crippen LogP contribution in [0.5, 0.6) is 0 Å². The molecule has 0 saturated heterocycles. The maximum Gasteiger partial charge on any atom is 0.303 e. The zero-order valence-corrected chi connectivity index (χ0v) is 8.60. The summed E-state index contributed by atoms with van der Waals surface area (Å²) in [4.78, 5) is 29.0. The molecule has 0 fully saturated rings. The van der Waals surface area contributed by atoms with Crippen LogP contribution in [0.2, 0.25) is 0 Å². The van der Waals surface area contributed by atoms with Gasteiger partial charge in [0.15, 0.2) is 0 Å². The van der Waals surface area contributed by atoms with Crippen molar-refractivity contribution in [3.05, 3.63) is 0 Å². The quantitative estimate of drug-likeness (QED) is 0.620. The highest BCUT2D eigenvalue weighted by Crippen LogP contribution is 1.91. The van der Waals surface area contributed by atoms with Gasteiger partial charge in [-0.05, 0) is 6.42 Å². The molecule has 0 amide bonds. The van der Waals surface area contributed by atoms with Gasteiger partial charge in [-0.25, -0.2) is 0 Å². The molecule has 0 unspecified atom stereocenters. The molecule has 0 radical (unpaired) electrons. The SMILES string of the molecule is CCCCC(=O)O.O=C(O)CCC(=O)O. The summed E-state index contributed by atoms with van der Waals surface area (Å²) in [6, 6.07) is 0. The number of carboxylic acid groups (broad SMARTS) is 3. The molecule has 0 saturated carbocycles. The van der Waals surface area contributed by atoms with Crippen LogP contribution in [0.4, 0.5) is 0 Å². The van der Waals surface area contributed by atoms with Gasteiger partial charge in [-0.1, -0.05) is 13.3 Å². The van der Waals surface area contributed by atoms with E-state index < -0.39 is 17.9 Å². The molecule has 0 aliphatic carbocycles. The monoisotopic (exact) mass is 220 g/mol. The van der Waals surface area contributed by atoms with E-state index in [9.17, 15) is 14.4 Å². The minimum Gasteiger partial charge on any atom is -0.481 e. The first-order valence-corrected chi connectivity index (χ1v) is 4.55. The number of carboxylic acids is 3. The van der Waals surface area contributed by atoms with Gasteiger partial charge in [-0.2, -0.15) is 0 Å². The Balaban J connectivity index is 0. The van der Waals surface area contributed by atoms with Crippen molar-refractivity contribution in [1.29, 1.82) is 0 Å². The lowest BCUT2D eigenvalue weighted by Gasteiger charge is -1.85. The van der Waals surface area contributed by atoms with Crippen molar-refractivity contribution in [1.82, 2.24) is 0 Å². The van der Waals surface area contributed by atoms with Crippen LogP contribution in [0.1, 0.15) is 39.0 Å². The zero-order valence-electron chi connectivity index (χ0n) is 8.60. The average Bonchev–Trinajstić information content (AvgIpc) is 2.12. The number of hydrogen-bond donors (Lipinski definition) is 3. The first kappa shape index (κ1) is 15.9. The summed E-state index contributed by atoms with van der Waals surface area (Å²) in [5.74, 6) is -2.85. The summed E-state index contributed by atoms with van der Waals surface area (Å²) in [5, 5.41) is 23.8. The molecule has 0 aromatic heterocycles. The van der Waals surface area contributed by atoms with Crippen molar-refractivity contribution in [3.63, 3.8) is 0 Å². The summed E-state index contributed by atoms with van der Waals surface area (Å²) in [6.45, 7) is 1.98. The minimum absolute atomic E-state index is 0.296. The highest BCUT2D eigenvalue weighted by Gasteiger charge is 2.00. The van der Waals surface area contributed by atoms with E-state index >= 15 is 0 Å². The molecule has 88 valence electrons. The van der Waals surface area contributed by atoms with Gasteiger partial charge in [0.25, 0.3) is 0 Å². The maximum atomic E-state index is 9.76. The Morgan fingerprint density at radius 1 is 0.800 bits per heavy atom. The first-order valence-electron chi connectivity index (χ1n) is 4.55. The molecule has 0 aromatic carbocycles. The van der Waals surface area contributed by atoms with Crippen LogP contribution in [0.15, 0.2) is 0 Å². The molecule has 0 aromatic rings. The normalized spacial score (nSPS) is 8.60. The topological polar surface area (TPSA) is 112 Å². The number of carbonyl (C=O) groups is 3. The van der Waals surface area contributed by atoms with E-state index in [4.69, 9.17) is 15.3 Å². The average molecular weight is 220 g/mol. The highest BCUT2D eigenvalue weighted by molar-refractivity contribution is 5.75. The standard InChI is InChI=1S/C5H10O2.C4H6O4/c1-2-3-4-5(6)7;5-3(6)1-2-4(7)8/h2-4H2,1H3,(H,6,7);1-2H2,(H,5,6)(H,7,8). The van der Waals surface area contributed by atoms with E-state index in [0.717, 1.165) is 12.8 Å². The fourth-order valence-corrected chi connectivity index (χ4v) is 0.542. The summed E-state index contributed by atoms with van der Waals surface area (Å²) in [6.07, 6.45) is 1.49. The molecule has 0 rings (SSSR count). The van der Waals surface area contributed by atoms with Gasteiger partial charge in [0.1, 0.15) is 0 Å². The largest absolute Gasteiger partial charge is 0.481 e. The number of hydrogen-bond acceptors (Lipinski definition) is 3. The van der Waals surface area contributed by atoms with E-state index in [-0.39, 0.29) is 12.8 Å². The van der Waals surface area contributed by atoms with Crippen molar-refractivity contribution in [2.24, 2.45) is 0 Å². The summed E-state index contributed by atoms with van der Waals surface area (Å²) in [5.41, 5.74) is 0. The second-order valence-electron chi connectivity index (χ2n) is 2.78. The molecule has 6 heteroatoms. The van der Waals surface area contributed by atoms with Crippen molar-refractivity contribution < 1.29 is 29.7 Å². The Kier molecular flexibility index (Phi) is 11.1. The Morgan fingerprint density at radius 3 is 1.27 bits per heavy atom. The van der Waals surface area contributed by atoms with Crippen LogP contribution < -0.4 is 0 Å². The molecule has 0 heterocycles. The van der Waals surface area contributed by atoms with E-state index in [2.05, 4.69) is 0 Å². The van der Waals surface area contributed by atoms with Crippen LogP contribution in [-0.2, 0) is 14.4 Å². The number of aliphatic carboxylic acids is 3. The molecular formula is C9H16O6. The van der Waals surface area contributed by atoms with Crippen molar-refractivity contribution in [2.45, 2.75) is 39.0 Å². The molecule has 0 atom stereocenters. The lowest BCUT2D eigenvalue weighted by atomic mass is 10.3. The molecule has 3 N–H and O–H groups in total. The molecule has 0 spiro atoms. The van der Waals surface area contributed by atoms with Gasteiger partial charge in [0.2, 0.25) is 0 Å². The Bertz CT molecular complexity index is 197. The third-order valence-corrected chi connectivity index (χ3v) is 1.30. The Morgan fingerprint density at radius 2 is 1.13 bits per heavy atom. The summed E-state index contributed by atoms with van der Waals surface area (Å²) >= 11 is 0. The zero-order chi connectivity index (χ0) is 12.3. The lowest BCUT2D eigenvalue weighted by Crippen LogP contribution is -2.00. The van der Waals surface area contributed by atoms with Crippen molar-refractivity contribution >= 4 is 17.9 Å². The fraction of sp³-hybridized carbons (Fsp3) is 0.667. The first-order chi connectivity index (χ1) is 6.90. The van der Waals surface area contributed by atoms with Gasteiger partial charge in [-0.15, -0.1) is 0 Å². The number of unbranched alkanes of at least 4 members (excludes halogenated alkanes) is 1. The highest BCUT2D eigenvalue weighted by atomic mass is 16.4. The molecule has 0 aliphatic rings. The molecule has 0 aliphatic heterocycles.